The van der Waals surface area contributed by atoms with Crippen molar-refractivity contribution in [3.63, 3.8) is 0 Å². The molecule has 4 aromatic rings. The van der Waals surface area contributed by atoms with Crippen LogP contribution in [0.2, 0.25) is 0 Å². The monoisotopic (exact) mass is 431 g/mol. The number of amides is 1. The van der Waals surface area contributed by atoms with Crippen LogP contribution in [0.4, 0.5) is 5.82 Å². The summed E-state index contributed by atoms with van der Waals surface area (Å²) in [5, 5.41) is 19.6. The van der Waals surface area contributed by atoms with Crippen LogP contribution < -0.4 is 5.32 Å². The van der Waals surface area contributed by atoms with Crippen molar-refractivity contribution in [3.8, 4) is 11.3 Å². The quantitative estimate of drug-likeness (QED) is 0.486. The number of rotatable bonds is 6. The van der Waals surface area contributed by atoms with E-state index < -0.39 is 0 Å². The predicted octanol–water partition coefficient (Wildman–Crippen LogP) is 3.67. The Bertz CT molecular complexity index is 1230. The number of fused-ring (bicyclic) bond motifs is 1. The third-order valence-electron chi connectivity index (χ3n) is 5.28. The summed E-state index contributed by atoms with van der Waals surface area (Å²) in [6.07, 6.45) is 1.93. The third-order valence-corrected chi connectivity index (χ3v) is 5.28. The average Bonchev–Trinajstić information content (AvgIpc) is 3.34. The number of benzene rings is 2. The predicted molar refractivity (Wildman–Crippen MR) is 127 cm³/mol. The molecule has 166 valence electrons. The lowest BCUT2D eigenvalue weighted by Gasteiger charge is -2.19. The number of hydrogen-bond donors (Lipinski definition) is 2. The Morgan fingerprint density at radius 2 is 1.88 bits per heavy atom. The third kappa shape index (κ3) is 4.86. The van der Waals surface area contributed by atoms with Gasteiger partial charge in [-0.1, -0.05) is 56.3 Å². The molecule has 2 heterocycles. The van der Waals surface area contributed by atoms with Gasteiger partial charge in [-0.15, -0.1) is 5.10 Å². The molecule has 4 rings (SSSR count). The summed E-state index contributed by atoms with van der Waals surface area (Å²) >= 11 is 0. The van der Waals surface area contributed by atoms with Gasteiger partial charge in [-0.25, -0.2) is 4.68 Å². The fourth-order valence-corrected chi connectivity index (χ4v) is 3.53. The molecule has 8 heteroatoms. The van der Waals surface area contributed by atoms with Gasteiger partial charge in [-0.05, 0) is 42.8 Å². The maximum Gasteiger partial charge on any atom is 0.239 e. The highest BCUT2D eigenvalue weighted by molar-refractivity contribution is 6.01. The van der Waals surface area contributed by atoms with Crippen molar-refractivity contribution in [2.45, 2.75) is 32.7 Å². The van der Waals surface area contributed by atoms with Gasteiger partial charge in [0.15, 0.2) is 5.82 Å². The Labute approximate surface area is 187 Å². The Morgan fingerprint density at radius 1 is 1.12 bits per heavy atom. The topological polar surface area (TPSA) is 91.7 Å². The molecule has 0 aliphatic carbocycles. The Morgan fingerprint density at radius 3 is 2.56 bits per heavy atom. The summed E-state index contributed by atoms with van der Waals surface area (Å²) < 4.78 is 1.83. The second-order valence-corrected chi connectivity index (χ2v) is 9.37. The number of nitrogens with zero attached hydrogens (tertiary/aromatic N) is 5. The largest absolute Gasteiger partial charge is 0.308 e. The summed E-state index contributed by atoms with van der Waals surface area (Å²) in [6.45, 7) is 7.57. The molecule has 32 heavy (non-hydrogen) atoms. The number of carbonyl (C=O) groups is 1. The first-order valence-electron chi connectivity index (χ1n) is 10.6. The van der Waals surface area contributed by atoms with Crippen LogP contribution in [0.3, 0.4) is 0 Å². The molecule has 2 aromatic heterocycles. The number of aromatic amines is 1. The van der Waals surface area contributed by atoms with Crippen LogP contribution >= 0.6 is 0 Å². The second-order valence-electron chi connectivity index (χ2n) is 9.37. The van der Waals surface area contributed by atoms with Gasteiger partial charge in [-0.3, -0.25) is 9.89 Å². The molecule has 0 aliphatic rings. The van der Waals surface area contributed by atoms with Gasteiger partial charge >= 0.3 is 0 Å². The van der Waals surface area contributed by atoms with Gasteiger partial charge in [0.05, 0.1) is 24.8 Å². The van der Waals surface area contributed by atoms with E-state index in [0.717, 1.165) is 22.2 Å². The smallest absolute Gasteiger partial charge is 0.239 e. The van der Waals surface area contributed by atoms with E-state index in [1.165, 1.54) is 11.1 Å². The van der Waals surface area contributed by atoms with Crippen LogP contribution in [0, 0.1) is 0 Å². The van der Waals surface area contributed by atoms with E-state index in [1.807, 2.05) is 48.1 Å². The average molecular weight is 432 g/mol. The van der Waals surface area contributed by atoms with Crippen molar-refractivity contribution >= 4 is 22.6 Å². The van der Waals surface area contributed by atoms with Crippen molar-refractivity contribution in [2.75, 3.05) is 26.0 Å². The Balaban J connectivity index is 1.52. The molecule has 0 radical (unpaired) electrons. The van der Waals surface area contributed by atoms with Gasteiger partial charge < -0.3 is 10.2 Å². The Hall–Kier alpha value is -3.52. The fourth-order valence-electron chi connectivity index (χ4n) is 3.53. The van der Waals surface area contributed by atoms with Crippen molar-refractivity contribution in [2.24, 2.45) is 0 Å². The molecule has 0 aliphatic heterocycles. The molecular weight excluding hydrogens is 402 g/mol. The minimum atomic E-state index is -0.114. The standard InChI is InChI=1S/C24H29N7O/c1-24(2,3)18-9-6-16(7-10-18)13-31-14-21(27-29-31)17-8-11-20-19(12-17)23(28-26-20)25-22(32)15-30(4)5/h6-12,14H,13,15H2,1-5H3,(H2,25,26,28,32). The minimum absolute atomic E-state index is 0.114. The molecule has 0 bridgehead atoms. The molecule has 8 nitrogen and oxygen atoms in total. The molecule has 1 amide bonds. The van der Waals surface area contributed by atoms with Crippen LogP contribution in [0.25, 0.3) is 22.2 Å². The van der Waals surface area contributed by atoms with E-state index in [9.17, 15) is 4.79 Å². The van der Waals surface area contributed by atoms with E-state index in [4.69, 9.17) is 0 Å². The van der Waals surface area contributed by atoms with Crippen LogP contribution in [0.15, 0.2) is 48.7 Å². The van der Waals surface area contributed by atoms with Crippen LogP contribution in [0.1, 0.15) is 31.9 Å². The van der Waals surface area contributed by atoms with Crippen molar-refractivity contribution in [1.82, 2.24) is 30.1 Å². The summed E-state index contributed by atoms with van der Waals surface area (Å²) in [5.41, 5.74) is 5.14. The lowest BCUT2D eigenvalue weighted by atomic mass is 9.87. The number of nitrogens with one attached hydrogen (secondary N) is 2. The van der Waals surface area contributed by atoms with Gasteiger partial charge in [0.1, 0.15) is 5.69 Å². The van der Waals surface area contributed by atoms with E-state index in [2.05, 4.69) is 70.9 Å². The number of hydrogen-bond acceptors (Lipinski definition) is 5. The molecule has 0 saturated carbocycles. The van der Waals surface area contributed by atoms with Crippen molar-refractivity contribution in [3.05, 3.63) is 59.8 Å². The first kappa shape index (κ1) is 21.7. The lowest BCUT2D eigenvalue weighted by Crippen LogP contribution is -2.27. The number of aromatic nitrogens is 5. The maximum absolute atomic E-state index is 12.1. The van der Waals surface area contributed by atoms with E-state index in [0.29, 0.717) is 18.9 Å². The number of likely N-dealkylation sites (N-methyl/N-ethyl adjacent to an activating group) is 1. The molecule has 2 aromatic carbocycles. The van der Waals surface area contributed by atoms with Crippen LogP contribution in [0.5, 0.6) is 0 Å². The molecule has 2 N–H and O–H groups in total. The van der Waals surface area contributed by atoms with E-state index in [-0.39, 0.29) is 11.3 Å². The first-order chi connectivity index (χ1) is 15.2. The highest BCUT2D eigenvalue weighted by atomic mass is 16.2. The number of carbonyl (C=O) groups excluding carboxylic acids is 1. The zero-order valence-electron chi connectivity index (χ0n) is 19.2. The zero-order valence-corrected chi connectivity index (χ0v) is 19.2. The molecule has 0 atom stereocenters. The van der Waals surface area contributed by atoms with Gasteiger partial charge in [-0.2, -0.15) is 5.10 Å². The van der Waals surface area contributed by atoms with E-state index >= 15 is 0 Å². The summed E-state index contributed by atoms with van der Waals surface area (Å²) in [4.78, 5) is 13.9. The second kappa shape index (κ2) is 8.55. The normalized spacial score (nSPS) is 11.9. The van der Waals surface area contributed by atoms with Gasteiger partial charge in [0.25, 0.3) is 0 Å². The van der Waals surface area contributed by atoms with Gasteiger partial charge in [0, 0.05) is 10.9 Å². The van der Waals surface area contributed by atoms with Crippen molar-refractivity contribution in [1.29, 1.82) is 0 Å². The van der Waals surface area contributed by atoms with Crippen LogP contribution in [-0.4, -0.2) is 56.6 Å². The highest BCUT2D eigenvalue weighted by Crippen LogP contribution is 2.27. The number of anilines is 1. The molecule has 0 unspecified atom stereocenters. The summed E-state index contributed by atoms with van der Waals surface area (Å²) in [6, 6.07) is 14.5. The summed E-state index contributed by atoms with van der Waals surface area (Å²) in [7, 11) is 3.70. The molecular formula is C24H29N7O. The maximum atomic E-state index is 12.1. The Kier molecular flexibility index (Phi) is 5.80. The molecule has 0 spiro atoms. The highest BCUT2D eigenvalue weighted by Gasteiger charge is 2.14. The molecule has 0 fully saturated rings. The summed E-state index contributed by atoms with van der Waals surface area (Å²) in [5.74, 6) is 0.400. The van der Waals surface area contributed by atoms with Crippen molar-refractivity contribution < 1.29 is 4.79 Å². The lowest BCUT2D eigenvalue weighted by molar-refractivity contribution is -0.116. The molecule has 0 saturated heterocycles. The fraction of sp³-hybridized carbons (Fsp3) is 0.333. The zero-order chi connectivity index (χ0) is 22.9. The first-order valence-corrected chi connectivity index (χ1v) is 10.6. The SMILES string of the molecule is CN(C)CC(=O)Nc1n[nH]c2ccc(-c3cn(Cc4ccc(C(C)(C)C)cc4)nn3)cc12. The number of H-pyrrole nitrogens is 1. The van der Waals surface area contributed by atoms with E-state index in [1.54, 1.807) is 0 Å². The van der Waals surface area contributed by atoms with Gasteiger partial charge in [0.2, 0.25) is 5.91 Å². The minimum Gasteiger partial charge on any atom is -0.308 e. The van der Waals surface area contributed by atoms with Crippen LogP contribution in [-0.2, 0) is 16.8 Å².